The smallest absolute Gasteiger partial charge is 0.345 e. The molecule has 0 saturated carbocycles. The number of hydrogen-bond acceptors (Lipinski definition) is 5. The van der Waals surface area contributed by atoms with Crippen molar-refractivity contribution in [3.63, 3.8) is 0 Å². The molecule has 0 aliphatic heterocycles. The second-order valence-electron chi connectivity index (χ2n) is 5.55. The van der Waals surface area contributed by atoms with Crippen LogP contribution in [0.4, 0.5) is 0 Å². The fourth-order valence-electron chi connectivity index (χ4n) is 2.56. The highest BCUT2D eigenvalue weighted by molar-refractivity contribution is 7.20. The molecule has 0 fully saturated rings. The SMILES string of the molecule is Cn1c(=O)n(CCNC(=O)c2ccccc2)c(=O)c2cc(C(=O)O)sc21. The number of thiophene rings is 1. The first-order valence-corrected chi connectivity index (χ1v) is 8.51. The van der Waals surface area contributed by atoms with E-state index in [1.807, 2.05) is 0 Å². The monoisotopic (exact) mass is 373 g/mol. The van der Waals surface area contributed by atoms with E-state index in [1.54, 1.807) is 30.3 Å². The Morgan fingerprint density at radius 3 is 2.54 bits per heavy atom. The van der Waals surface area contributed by atoms with Gasteiger partial charge in [-0.15, -0.1) is 11.3 Å². The summed E-state index contributed by atoms with van der Waals surface area (Å²) in [5.41, 5.74) is -0.650. The molecule has 26 heavy (non-hydrogen) atoms. The van der Waals surface area contributed by atoms with Gasteiger partial charge in [-0.05, 0) is 18.2 Å². The Kier molecular flexibility index (Phi) is 4.72. The zero-order chi connectivity index (χ0) is 18.8. The Hall–Kier alpha value is -3.20. The van der Waals surface area contributed by atoms with Gasteiger partial charge in [0.1, 0.15) is 9.71 Å². The molecule has 2 aromatic heterocycles. The number of aryl methyl sites for hydroxylation is 1. The molecule has 9 heteroatoms. The number of aromatic nitrogens is 2. The van der Waals surface area contributed by atoms with Crippen LogP contribution in [-0.2, 0) is 13.6 Å². The van der Waals surface area contributed by atoms with E-state index in [-0.39, 0.29) is 29.3 Å². The average Bonchev–Trinajstić information content (AvgIpc) is 3.09. The van der Waals surface area contributed by atoms with Crippen molar-refractivity contribution in [1.29, 1.82) is 0 Å². The number of aromatic carboxylic acids is 1. The number of rotatable bonds is 5. The number of benzene rings is 1. The van der Waals surface area contributed by atoms with Gasteiger partial charge < -0.3 is 10.4 Å². The quantitative estimate of drug-likeness (QED) is 0.690. The number of fused-ring (bicyclic) bond motifs is 1. The second kappa shape index (κ2) is 6.96. The molecule has 3 aromatic rings. The van der Waals surface area contributed by atoms with E-state index in [4.69, 9.17) is 5.11 Å². The summed E-state index contributed by atoms with van der Waals surface area (Å²) in [5, 5.41) is 11.9. The summed E-state index contributed by atoms with van der Waals surface area (Å²) in [5.74, 6) is -1.46. The van der Waals surface area contributed by atoms with E-state index in [0.717, 1.165) is 15.9 Å². The largest absolute Gasteiger partial charge is 0.477 e. The maximum absolute atomic E-state index is 12.5. The van der Waals surface area contributed by atoms with Crippen LogP contribution in [0.2, 0.25) is 0 Å². The first-order valence-electron chi connectivity index (χ1n) is 7.70. The van der Waals surface area contributed by atoms with Gasteiger partial charge in [-0.1, -0.05) is 18.2 Å². The van der Waals surface area contributed by atoms with Gasteiger partial charge in [0.05, 0.1) is 5.39 Å². The third kappa shape index (κ3) is 3.16. The van der Waals surface area contributed by atoms with Gasteiger partial charge in [0.25, 0.3) is 11.5 Å². The van der Waals surface area contributed by atoms with Gasteiger partial charge in [-0.3, -0.25) is 18.7 Å². The third-order valence-corrected chi connectivity index (χ3v) is 5.08. The Bertz CT molecular complexity index is 1110. The molecular formula is C17H15N3O5S. The molecule has 0 aliphatic rings. The van der Waals surface area contributed by atoms with E-state index in [2.05, 4.69) is 5.32 Å². The number of carboxylic acids is 1. The Morgan fingerprint density at radius 2 is 1.88 bits per heavy atom. The Balaban J connectivity index is 1.86. The van der Waals surface area contributed by atoms with Crippen LogP contribution in [0.25, 0.3) is 10.2 Å². The molecule has 0 saturated heterocycles. The molecule has 2 heterocycles. The summed E-state index contributed by atoms with van der Waals surface area (Å²) in [6, 6.07) is 9.85. The Labute approximate surface area is 150 Å². The van der Waals surface area contributed by atoms with Crippen LogP contribution in [-0.4, -0.2) is 32.7 Å². The molecule has 1 amide bonds. The van der Waals surface area contributed by atoms with E-state index in [1.165, 1.54) is 17.7 Å². The molecule has 0 aliphatic carbocycles. The predicted octanol–water partition coefficient (Wildman–Crippen LogP) is 0.890. The number of hydrogen-bond donors (Lipinski definition) is 2. The zero-order valence-electron chi connectivity index (χ0n) is 13.8. The van der Waals surface area contributed by atoms with Crippen molar-refractivity contribution in [2.24, 2.45) is 7.05 Å². The number of carboxylic acid groups (broad SMARTS) is 1. The summed E-state index contributed by atoms with van der Waals surface area (Å²) in [6.07, 6.45) is 0. The summed E-state index contributed by atoms with van der Waals surface area (Å²) < 4.78 is 2.23. The molecule has 3 rings (SSSR count). The number of nitrogens with one attached hydrogen (secondary N) is 1. The van der Waals surface area contributed by atoms with Crippen LogP contribution in [0.15, 0.2) is 46.0 Å². The minimum absolute atomic E-state index is 0.0118. The van der Waals surface area contributed by atoms with E-state index >= 15 is 0 Å². The summed E-state index contributed by atoms with van der Waals surface area (Å²) in [6.45, 7) is 0.0720. The van der Waals surface area contributed by atoms with Crippen molar-refractivity contribution in [2.75, 3.05) is 6.54 Å². The number of carbonyl (C=O) groups is 2. The summed E-state index contributed by atoms with van der Waals surface area (Å²) >= 11 is 0.875. The van der Waals surface area contributed by atoms with Crippen molar-refractivity contribution in [3.8, 4) is 0 Å². The highest BCUT2D eigenvalue weighted by atomic mass is 32.1. The topological polar surface area (TPSA) is 110 Å². The molecule has 8 nitrogen and oxygen atoms in total. The van der Waals surface area contributed by atoms with Crippen molar-refractivity contribution >= 4 is 33.4 Å². The first kappa shape index (κ1) is 17.6. The number of amides is 1. The van der Waals surface area contributed by atoms with E-state index in [0.29, 0.717) is 10.4 Å². The molecular weight excluding hydrogens is 358 g/mol. The fourth-order valence-corrected chi connectivity index (χ4v) is 3.50. The van der Waals surface area contributed by atoms with Crippen molar-refractivity contribution in [1.82, 2.24) is 14.5 Å². The van der Waals surface area contributed by atoms with Gasteiger partial charge >= 0.3 is 11.7 Å². The van der Waals surface area contributed by atoms with Gasteiger partial charge in [0.2, 0.25) is 0 Å². The molecule has 0 bridgehead atoms. The summed E-state index contributed by atoms with van der Waals surface area (Å²) in [7, 11) is 1.48. The van der Waals surface area contributed by atoms with Crippen molar-refractivity contribution in [3.05, 3.63) is 67.7 Å². The molecule has 0 unspecified atom stereocenters. The Morgan fingerprint density at radius 1 is 1.19 bits per heavy atom. The van der Waals surface area contributed by atoms with Crippen LogP contribution in [0.5, 0.6) is 0 Å². The average molecular weight is 373 g/mol. The normalized spacial score (nSPS) is 10.8. The van der Waals surface area contributed by atoms with Crippen LogP contribution in [0.3, 0.4) is 0 Å². The molecule has 2 N–H and O–H groups in total. The third-order valence-electron chi connectivity index (χ3n) is 3.88. The zero-order valence-corrected chi connectivity index (χ0v) is 14.6. The molecule has 1 aromatic carbocycles. The minimum atomic E-state index is -1.15. The number of nitrogens with zero attached hydrogens (tertiary/aromatic N) is 2. The lowest BCUT2D eigenvalue weighted by atomic mass is 10.2. The summed E-state index contributed by atoms with van der Waals surface area (Å²) in [4.78, 5) is 48.4. The van der Waals surface area contributed by atoms with Gasteiger partial charge in [-0.2, -0.15) is 0 Å². The van der Waals surface area contributed by atoms with Crippen molar-refractivity contribution < 1.29 is 14.7 Å². The second-order valence-corrected chi connectivity index (χ2v) is 6.59. The maximum Gasteiger partial charge on any atom is 0.345 e. The first-order chi connectivity index (χ1) is 12.4. The molecule has 134 valence electrons. The lowest BCUT2D eigenvalue weighted by Crippen LogP contribution is -2.41. The lowest BCUT2D eigenvalue weighted by molar-refractivity contribution is 0.0702. The predicted molar refractivity (Wildman–Crippen MR) is 97.1 cm³/mol. The van der Waals surface area contributed by atoms with Crippen LogP contribution in [0, 0.1) is 0 Å². The standard InChI is InChI=1S/C17H15N3O5S/c1-19-15-11(9-12(26-15)16(23)24)14(22)20(17(19)25)8-7-18-13(21)10-5-3-2-4-6-10/h2-6,9H,7-8H2,1H3,(H,18,21)(H,23,24). The molecule has 0 atom stereocenters. The highest BCUT2D eigenvalue weighted by Gasteiger charge is 2.17. The lowest BCUT2D eigenvalue weighted by Gasteiger charge is -2.09. The highest BCUT2D eigenvalue weighted by Crippen LogP contribution is 2.21. The minimum Gasteiger partial charge on any atom is -0.477 e. The van der Waals surface area contributed by atoms with Crippen LogP contribution in [0.1, 0.15) is 20.0 Å². The maximum atomic E-state index is 12.5. The molecule has 0 spiro atoms. The van der Waals surface area contributed by atoms with Gasteiger partial charge in [0, 0.05) is 25.7 Å². The van der Waals surface area contributed by atoms with Gasteiger partial charge in [0.15, 0.2) is 0 Å². The van der Waals surface area contributed by atoms with Gasteiger partial charge in [-0.25, -0.2) is 9.59 Å². The molecule has 0 radical (unpaired) electrons. The van der Waals surface area contributed by atoms with Crippen LogP contribution >= 0.6 is 11.3 Å². The fraction of sp³-hybridized carbons (Fsp3) is 0.176. The van der Waals surface area contributed by atoms with E-state index in [9.17, 15) is 19.2 Å². The number of carbonyl (C=O) groups excluding carboxylic acids is 1. The van der Waals surface area contributed by atoms with Crippen molar-refractivity contribution in [2.45, 2.75) is 6.54 Å². The van der Waals surface area contributed by atoms with Crippen LogP contribution < -0.4 is 16.6 Å². The van der Waals surface area contributed by atoms with E-state index < -0.39 is 17.2 Å².